The summed E-state index contributed by atoms with van der Waals surface area (Å²) < 4.78 is 5.46. The lowest BCUT2D eigenvalue weighted by Crippen LogP contribution is -2.44. The van der Waals surface area contributed by atoms with Gasteiger partial charge in [-0.15, -0.1) is 0 Å². The number of carbonyl (C=O) groups is 1. The van der Waals surface area contributed by atoms with Gasteiger partial charge in [0.25, 0.3) is 5.91 Å². The molecule has 2 heterocycles. The summed E-state index contributed by atoms with van der Waals surface area (Å²) >= 11 is 1.29. The largest absolute Gasteiger partial charge is 0.426 e. The molecule has 214 valence electrons. The van der Waals surface area contributed by atoms with E-state index in [9.17, 15) is 4.79 Å². The van der Waals surface area contributed by atoms with Crippen LogP contribution in [0.5, 0.6) is 5.75 Å². The van der Waals surface area contributed by atoms with Gasteiger partial charge in [-0.05, 0) is 68.9 Å². The predicted molar refractivity (Wildman–Crippen MR) is 172 cm³/mol. The number of carbonyl (C=O) groups excluding carboxylic acids is 1. The number of likely N-dealkylation sites (N-methyl/N-ethyl adjacent to an activating group) is 2. The van der Waals surface area contributed by atoms with E-state index in [1.807, 2.05) is 68.7 Å². The van der Waals surface area contributed by atoms with Gasteiger partial charge in [0.2, 0.25) is 0 Å². The Kier molecular flexibility index (Phi) is 11.9. The summed E-state index contributed by atoms with van der Waals surface area (Å²) in [7, 11) is 2.16. The van der Waals surface area contributed by atoms with E-state index >= 15 is 0 Å². The number of hydrogen-bond acceptors (Lipinski definition) is 7. The van der Waals surface area contributed by atoms with Gasteiger partial charge in [-0.25, -0.2) is 4.99 Å². The fourth-order valence-electron chi connectivity index (χ4n) is 4.45. The second kappa shape index (κ2) is 15.3. The first-order chi connectivity index (χ1) is 19.3. The van der Waals surface area contributed by atoms with Crippen LogP contribution in [0.3, 0.4) is 0 Å². The fraction of sp³-hybridized carbons (Fsp3) is 0.375. The molecule has 1 fully saturated rings. The maximum Gasteiger partial charge on any atom is 0.260 e. The van der Waals surface area contributed by atoms with Crippen molar-refractivity contribution >= 4 is 40.7 Å². The molecule has 7 nitrogen and oxygen atoms in total. The van der Waals surface area contributed by atoms with Crippen LogP contribution in [-0.2, 0) is 4.79 Å². The summed E-state index contributed by atoms with van der Waals surface area (Å²) in [5, 5.41) is 3.28. The fourth-order valence-corrected chi connectivity index (χ4v) is 4.75. The molecule has 1 N–H and O–H groups in total. The number of piperazine rings is 1. The van der Waals surface area contributed by atoms with Crippen LogP contribution in [0.2, 0.25) is 0 Å². The number of rotatable bonds is 8. The van der Waals surface area contributed by atoms with Crippen LogP contribution in [0.25, 0.3) is 5.57 Å². The molecule has 2 aliphatic heterocycles. The van der Waals surface area contributed by atoms with E-state index in [0.29, 0.717) is 23.8 Å². The highest BCUT2D eigenvalue weighted by Crippen LogP contribution is 2.29. The van der Waals surface area contributed by atoms with Crippen molar-refractivity contribution in [3.05, 3.63) is 84.2 Å². The lowest BCUT2D eigenvalue weighted by atomic mass is 9.96. The summed E-state index contributed by atoms with van der Waals surface area (Å²) in [4.78, 5) is 24.6. The standard InChI is InChI=1S/C29H35N5O2S.C3H8/c1-6-22-20-27(23-8-14-26(15-9-23)36-37-5)29(35)34(7-2)28(22)31-21(3)30-24-10-12-25(13-11-24)33-18-16-32(4)17-19-33;1-3-2/h6,8-15,20,30H,3,7,16-19H2,1-2,4-5H3;3H2,1-2H3/b22-6-,31-28+;. The number of anilines is 2. The Morgan fingerprint density at radius 3 is 2.23 bits per heavy atom. The number of nitrogens with one attached hydrogen (secondary N) is 1. The van der Waals surface area contributed by atoms with Crippen molar-refractivity contribution in [3.63, 3.8) is 0 Å². The van der Waals surface area contributed by atoms with Gasteiger partial charge >= 0.3 is 0 Å². The summed E-state index contributed by atoms with van der Waals surface area (Å²) in [6, 6.07) is 15.9. The van der Waals surface area contributed by atoms with Crippen molar-refractivity contribution in [1.82, 2.24) is 9.80 Å². The summed E-state index contributed by atoms with van der Waals surface area (Å²) in [5.74, 6) is 1.73. The Morgan fingerprint density at radius 2 is 1.68 bits per heavy atom. The van der Waals surface area contributed by atoms with Gasteiger partial charge in [0.1, 0.15) is 17.4 Å². The van der Waals surface area contributed by atoms with E-state index in [2.05, 4.69) is 54.7 Å². The Bertz CT molecular complexity index is 1230. The third-order valence-corrected chi connectivity index (χ3v) is 6.89. The summed E-state index contributed by atoms with van der Waals surface area (Å²) in [6.45, 7) is 17.0. The van der Waals surface area contributed by atoms with Gasteiger partial charge < -0.3 is 19.3 Å². The van der Waals surface area contributed by atoms with Crippen LogP contribution in [0.4, 0.5) is 11.4 Å². The molecule has 0 radical (unpaired) electrons. The zero-order valence-electron chi connectivity index (χ0n) is 24.7. The second-order valence-corrected chi connectivity index (χ2v) is 10.2. The third-order valence-electron chi connectivity index (χ3n) is 6.53. The average molecular weight is 562 g/mol. The molecule has 0 atom stereocenters. The highest BCUT2D eigenvalue weighted by molar-refractivity contribution is 7.94. The molecule has 4 rings (SSSR count). The van der Waals surface area contributed by atoms with E-state index < -0.39 is 0 Å². The lowest BCUT2D eigenvalue weighted by molar-refractivity contribution is -0.121. The van der Waals surface area contributed by atoms with E-state index in [1.165, 1.54) is 24.2 Å². The van der Waals surface area contributed by atoms with Crippen molar-refractivity contribution < 1.29 is 8.98 Å². The monoisotopic (exact) mass is 561 g/mol. The number of nitrogens with zero attached hydrogens (tertiary/aromatic N) is 4. The molecule has 8 heteroatoms. The van der Waals surface area contributed by atoms with Crippen LogP contribution < -0.4 is 14.4 Å². The Hall–Kier alpha value is -3.49. The van der Waals surface area contributed by atoms with Gasteiger partial charge in [-0.3, -0.25) is 9.69 Å². The van der Waals surface area contributed by atoms with Crippen LogP contribution >= 0.6 is 12.0 Å². The highest BCUT2D eigenvalue weighted by Gasteiger charge is 2.29. The molecular formula is C32H43N5O2S. The quantitative estimate of drug-likeness (QED) is 0.363. The topological polar surface area (TPSA) is 60.4 Å². The van der Waals surface area contributed by atoms with Crippen LogP contribution in [-0.4, -0.2) is 67.6 Å². The van der Waals surface area contributed by atoms with Gasteiger partial charge in [0, 0.05) is 61.5 Å². The molecule has 0 unspecified atom stereocenters. The van der Waals surface area contributed by atoms with Crippen LogP contribution in [0, 0.1) is 0 Å². The summed E-state index contributed by atoms with van der Waals surface area (Å²) in [6.07, 6.45) is 6.99. The smallest absolute Gasteiger partial charge is 0.260 e. The molecule has 2 aromatic rings. The van der Waals surface area contributed by atoms with Crippen molar-refractivity contribution in [2.75, 3.05) is 56.2 Å². The summed E-state index contributed by atoms with van der Waals surface area (Å²) in [5.41, 5.74) is 4.46. The minimum Gasteiger partial charge on any atom is -0.426 e. The van der Waals surface area contributed by atoms with Gasteiger partial charge in [-0.2, -0.15) is 0 Å². The highest BCUT2D eigenvalue weighted by atomic mass is 32.2. The Morgan fingerprint density at radius 1 is 1.05 bits per heavy atom. The first-order valence-corrected chi connectivity index (χ1v) is 15.1. The Balaban J connectivity index is 0.00000141. The van der Waals surface area contributed by atoms with Gasteiger partial charge in [0.05, 0.1) is 12.0 Å². The molecule has 0 saturated carbocycles. The first kappa shape index (κ1) is 31.0. The van der Waals surface area contributed by atoms with Crippen molar-refractivity contribution in [2.45, 2.75) is 34.1 Å². The molecule has 1 amide bonds. The third kappa shape index (κ3) is 8.02. The normalized spacial score (nSPS) is 17.9. The zero-order valence-corrected chi connectivity index (χ0v) is 25.6. The minimum atomic E-state index is -0.0882. The maximum atomic E-state index is 13.4. The molecule has 0 bridgehead atoms. The van der Waals surface area contributed by atoms with Crippen LogP contribution in [0.1, 0.15) is 39.7 Å². The van der Waals surface area contributed by atoms with Gasteiger partial charge in [0.15, 0.2) is 0 Å². The average Bonchev–Trinajstić information content (AvgIpc) is 2.95. The number of allylic oxidation sites excluding steroid dienone is 1. The molecule has 1 saturated heterocycles. The van der Waals surface area contributed by atoms with Crippen molar-refractivity contribution in [3.8, 4) is 5.75 Å². The molecule has 0 aliphatic carbocycles. The number of amidine groups is 1. The first-order valence-electron chi connectivity index (χ1n) is 13.9. The van der Waals surface area contributed by atoms with Crippen LogP contribution in [0.15, 0.2) is 83.6 Å². The molecule has 0 aromatic heterocycles. The number of amides is 1. The zero-order chi connectivity index (χ0) is 29.1. The molecule has 0 spiro atoms. The predicted octanol–water partition coefficient (Wildman–Crippen LogP) is 6.69. The van der Waals surface area contributed by atoms with E-state index in [0.717, 1.165) is 48.8 Å². The Labute approximate surface area is 244 Å². The van der Waals surface area contributed by atoms with E-state index in [4.69, 9.17) is 9.18 Å². The molecule has 2 aromatic carbocycles. The SMILES string of the molecule is C=C(/N=C1\C(=C/C)C=C(c2ccc(OSC)cc2)C(=O)N1CC)Nc1ccc(N2CCN(C)CC2)cc1.CCC. The molecule has 2 aliphatic rings. The number of hydrogen-bond donors (Lipinski definition) is 1. The van der Waals surface area contributed by atoms with Gasteiger partial charge in [-0.1, -0.05) is 45.1 Å². The maximum absolute atomic E-state index is 13.4. The second-order valence-electron chi connectivity index (χ2n) is 9.68. The number of aliphatic imine (C=N–C) groups is 1. The van der Waals surface area contributed by atoms with E-state index in [-0.39, 0.29) is 5.91 Å². The lowest BCUT2D eigenvalue weighted by Gasteiger charge is -2.34. The minimum absolute atomic E-state index is 0.0882. The van der Waals surface area contributed by atoms with Crippen molar-refractivity contribution in [2.24, 2.45) is 4.99 Å². The molecule has 40 heavy (non-hydrogen) atoms. The van der Waals surface area contributed by atoms with E-state index in [1.54, 1.807) is 4.90 Å². The van der Waals surface area contributed by atoms with Crippen molar-refractivity contribution in [1.29, 1.82) is 0 Å². The number of benzene rings is 2. The molecular weight excluding hydrogens is 518 g/mol.